The van der Waals surface area contributed by atoms with Crippen molar-refractivity contribution in [1.29, 1.82) is 0 Å². The van der Waals surface area contributed by atoms with Gasteiger partial charge in [-0.2, -0.15) is 0 Å². The third-order valence-corrected chi connectivity index (χ3v) is 2.05. The number of anilines is 1. The summed E-state index contributed by atoms with van der Waals surface area (Å²) in [6, 6.07) is 4.66. The summed E-state index contributed by atoms with van der Waals surface area (Å²) in [4.78, 5) is 0. The van der Waals surface area contributed by atoms with Crippen molar-refractivity contribution >= 4 is 16.5 Å². The van der Waals surface area contributed by atoms with Crippen LogP contribution in [0.15, 0.2) is 24.3 Å². The predicted molar refractivity (Wildman–Crippen MR) is 49.9 cm³/mol. The fourth-order valence-electron chi connectivity index (χ4n) is 1.39. The standard InChI is InChI=1S/C10H7F2NO/c11-5-3-7-6(9(13)4-5)1-2-8(12)10(7)14/h1-4,14H,13H2. The minimum atomic E-state index is -0.789. The van der Waals surface area contributed by atoms with Crippen molar-refractivity contribution in [3.05, 3.63) is 35.9 Å². The summed E-state index contributed by atoms with van der Waals surface area (Å²) >= 11 is 0. The maximum atomic E-state index is 12.9. The van der Waals surface area contributed by atoms with Crippen LogP contribution in [0, 0.1) is 11.6 Å². The van der Waals surface area contributed by atoms with E-state index < -0.39 is 17.4 Å². The van der Waals surface area contributed by atoms with Gasteiger partial charge in [-0.05, 0) is 24.3 Å². The van der Waals surface area contributed by atoms with E-state index in [1.807, 2.05) is 0 Å². The Hall–Kier alpha value is -1.84. The lowest BCUT2D eigenvalue weighted by atomic mass is 10.1. The van der Waals surface area contributed by atoms with Gasteiger partial charge in [-0.15, -0.1) is 0 Å². The van der Waals surface area contributed by atoms with Crippen molar-refractivity contribution in [2.24, 2.45) is 0 Å². The molecular weight excluding hydrogens is 188 g/mol. The molecule has 0 saturated carbocycles. The van der Waals surface area contributed by atoms with Crippen LogP contribution in [-0.4, -0.2) is 5.11 Å². The molecule has 2 nitrogen and oxygen atoms in total. The maximum absolute atomic E-state index is 12.9. The van der Waals surface area contributed by atoms with E-state index in [1.165, 1.54) is 6.07 Å². The highest BCUT2D eigenvalue weighted by molar-refractivity contribution is 5.96. The molecule has 0 aliphatic heterocycles. The Morgan fingerprint density at radius 1 is 1.07 bits per heavy atom. The topological polar surface area (TPSA) is 46.2 Å². The number of hydrogen-bond donors (Lipinski definition) is 2. The van der Waals surface area contributed by atoms with Crippen molar-refractivity contribution in [2.45, 2.75) is 0 Å². The summed E-state index contributed by atoms with van der Waals surface area (Å²) in [6.45, 7) is 0. The molecule has 72 valence electrons. The molecule has 0 spiro atoms. The van der Waals surface area contributed by atoms with Gasteiger partial charge < -0.3 is 10.8 Å². The minimum Gasteiger partial charge on any atom is -0.504 e. The van der Waals surface area contributed by atoms with E-state index in [-0.39, 0.29) is 11.1 Å². The number of hydrogen-bond acceptors (Lipinski definition) is 2. The highest BCUT2D eigenvalue weighted by Crippen LogP contribution is 2.31. The first-order chi connectivity index (χ1) is 6.59. The molecule has 0 aliphatic carbocycles. The summed E-state index contributed by atoms with van der Waals surface area (Å²) in [7, 11) is 0. The molecule has 0 aliphatic rings. The Bertz CT molecular complexity index is 511. The molecule has 0 saturated heterocycles. The Morgan fingerprint density at radius 2 is 1.79 bits per heavy atom. The third-order valence-electron chi connectivity index (χ3n) is 2.05. The van der Waals surface area contributed by atoms with Gasteiger partial charge in [0.05, 0.1) is 0 Å². The minimum absolute atomic E-state index is 0.0856. The average Bonchev–Trinajstić information content (AvgIpc) is 2.12. The molecule has 0 atom stereocenters. The summed E-state index contributed by atoms with van der Waals surface area (Å²) < 4.78 is 25.8. The van der Waals surface area contributed by atoms with Gasteiger partial charge in [-0.1, -0.05) is 0 Å². The summed E-state index contributed by atoms with van der Waals surface area (Å²) in [5.74, 6) is -1.97. The van der Waals surface area contributed by atoms with Crippen LogP contribution in [-0.2, 0) is 0 Å². The number of benzene rings is 2. The zero-order valence-electron chi connectivity index (χ0n) is 7.09. The molecule has 0 amide bonds. The normalized spacial score (nSPS) is 10.7. The second kappa shape index (κ2) is 2.83. The lowest BCUT2D eigenvalue weighted by Crippen LogP contribution is -1.90. The van der Waals surface area contributed by atoms with Crippen LogP contribution in [0.2, 0.25) is 0 Å². The Kier molecular flexibility index (Phi) is 1.77. The van der Waals surface area contributed by atoms with Crippen molar-refractivity contribution in [3.63, 3.8) is 0 Å². The molecule has 0 aromatic heterocycles. The summed E-state index contributed by atoms with van der Waals surface area (Å²) in [6.07, 6.45) is 0. The Morgan fingerprint density at radius 3 is 2.50 bits per heavy atom. The lowest BCUT2D eigenvalue weighted by molar-refractivity contribution is 0.438. The summed E-state index contributed by atoms with van der Waals surface area (Å²) in [5.41, 5.74) is 5.68. The van der Waals surface area contributed by atoms with Gasteiger partial charge in [0.15, 0.2) is 11.6 Å². The van der Waals surface area contributed by atoms with E-state index in [4.69, 9.17) is 5.73 Å². The third kappa shape index (κ3) is 1.16. The van der Waals surface area contributed by atoms with Crippen LogP contribution >= 0.6 is 0 Å². The average molecular weight is 195 g/mol. The van der Waals surface area contributed by atoms with Crippen molar-refractivity contribution in [2.75, 3.05) is 5.73 Å². The Labute approximate surface area is 78.6 Å². The number of rotatable bonds is 0. The van der Waals surface area contributed by atoms with Crippen LogP contribution in [0.1, 0.15) is 0 Å². The first-order valence-corrected chi connectivity index (χ1v) is 3.96. The van der Waals surface area contributed by atoms with E-state index >= 15 is 0 Å². The van der Waals surface area contributed by atoms with Crippen LogP contribution in [0.3, 0.4) is 0 Å². The molecule has 4 heteroatoms. The van der Waals surface area contributed by atoms with E-state index in [0.29, 0.717) is 5.39 Å². The first-order valence-electron chi connectivity index (χ1n) is 3.96. The van der Waals surface area contributed by atoms with Gasteiger partial charge in [0, 0.05) is 16.5 Å². The quantitative estimate of drug-likeness (QED) is 0.634. The smallest absolute Gasteiger partial charge is 0.165 e. The highest BCUT2D eigenvalue weighted by atomic mass is 19.1. The number of phenolic OH excluding ortho intramolecular Hbond substituents is 1. The second-order valence-corrected chi connectivity index (χ2v) is 2.99. The van der Waals surface area contributed by atoms with Crippen molar-refractivity contribution < 1.29 is 13.9 Å². The van der Waals surface area contributed by atoms with Crippen LogP contribution in [0.4, 0.5) is 14.5 Å². The molecule has 0 radical (unpaired) electrons. The van der Waals surface area contributed by atoms with E-state index in [9.17, 15) is 13.9 Å². The number of fused-ring (bicyclic) bond motifs is 1. The zero-order valence-corrected chi connectivity index (χ0v) is 7.09. The molecular formula is C10H7F2NO. The fraction of sp³-hybridized carbons (Fsp3) is 0. The zero-order chi connectivity index (χ0) is 10.3. The van der Waals surface area contributed by atoms with Crippen LogP contribution in [0.25, 0.3) is 10.8 Å². The number of halogens is 2. The maximum Gasteiger partial charge on any atom is 0.165 e. The molecule has 14 heavy (non-hydrogen) atoms. The monoisotopic (exact) mass is 195 g/mol. The number of aromatic hydroxyl groups is 1. The van der Waals surface area contributed by atoms with E-state index in [2.05, 4.69) is 0 Å². The predicted octanol–water partition coefficient (Wildman–Crippen LogP) is 2.41. The largest absolute Gasteiger partial charge is 0.504 e. The molecule has 2 aromatic carbocycles. The first kappa shape index (κ1) is 8.74. The second-order valence-electron chi connectivity index (χ2n) is 2.99. The van der Waals surface area contributed by atoms with Gasteiger partial charge in [0.2, 0.25) is 0 Å². The Balaban J connectivity index is 2.95. The van der Waals surface area contributed by atoms with E-state index in [0.717, 1.165) is 18.2 Å². The van der Waals surface area contributed by atoms with Crippen molar-refractivity contribution in [1.82, 2.24) is 0 Å². The number of nitrogens with two attached hydrogens (primary N) is 1. The van der Waals surface area contributed by atoms with Gasteiger partial charge in [0.25, 0.3) is 0 Å². The van der Waals surface area contributed by atoms with Gasteiger partial charge in [-0.3, -0.25) is 0 Å². The van der Waals surface area contributed by atoms with Crippen LogP contribution in [0.5, 0.6) is 5.75 Å². The number of nitrogen functional groups attached to an aromatic ring is 1. The molecule has 0 bridgehead atoms. The number of phenols is 1. The van der Waals surface area contributed by atoms with Gasteiger partial charge in [-0.25, -0.2) is 8.78 Å². The molecule has 2 aromatic rings. The molecule has 0 fully saturated rings. The highest BCUT2D eigenvalue weighted by Gasteiger charge is 2.09. The van der Waals surface area contributed by atoms with E-state index in [1.54, 1.807) is 0 Å². The molecule has 0 unspecified atom stereocenters. The molecule has 2 rings (SSSR count). The lowest BCUT2D eigenvalue weighted by Gasteiger charge is -2.04. The van der Waals surface area contributed by atoms with Gasteiger partial charge in [0.1, 0.15) is 5.82 Å². The molecule has 3 N–H and O–H groups in total. The summed E-state index contributed by atoms with van der Waals surface area (Å²) in [5, 5.41) is 9.83. The fourth-order valence-corrected chi connectivity index (χ4v) is 1.39. The van der Waals surface area contributed by atoms with Crippen LogP contribution < -0.4 is 5.73 Å². The SMILES string of the molecule is Nc1cc(F)cc2c(O)c(F)ccc12. The van der Waals surface area contributed by atoms with Gasteiger partial charge >= 0.3 is 0 Å². The van der Waals surface area contributed by atoms with Crippen molar-refractivity contribution in [3.8, 4) is 5.75 Å². The molecule has 0 heterocycles.